The lowest BCUT2D eigenvalue weighted by molar-refractivity contribution is -0.139. The quantitative estimate of drug-likeness (QED) is 0.205. The molecule has 152 valence electrons. The molecule has 0 rings (SSSR count). The van der Waals surface area contributed by atoms with E-state index in [4.69, 9.17) is 9.84 Å². The molecule has 0 bridgehead atoms. The maximum Gasteiger partial charge on any atom is 0.333 e. The zero-order valence-corrected chi connectivity index (χ0v) is 17.3. The molecule has 0 aliphatic heterocycles. The minimum absolute atomic E-state index is 0.176. The minimum Gasteiger partial charge on any atom is -0.478 e. The molecular weight excluding hydrogens is 328 g/mol. The number of hydrogen-bond acceptors (Lipinski definition) is 3. The first-order chi connectivity index (χ1) is 12.3. The summed E-state index contributed by atoms with van der Waals surface area (Å²) in [7, 11) is 0. The number of aliphatic carboxylic acids is 1. The van der Waals surface area contributed by atoms with E-state index in [9.17, 15) is 9.59 Å². The zero-order chi connectivity index (χ0) is 20.2. The van der Waals surface area contributed by atoms with Crippen LogP contribution in [0.2, 0.25) is 0 Å². The Morgan fingerprint density at radius 3 is 1.38 bits per heavy atom. The largest absolute Gasteiger partial charge is 0.478 e. The van der Waals surface area contributed by atoms with Crippen LogP contribution in [0, 0.1) is 0 Å². The zero-order valence-electron chi connectivity index (χ0n) is 17.3. The van der Waals surface area contributed by atoms with Gasteiger partial charge >= 0.3 is 11.9 Å². The van der Waals surface area contributed by atoms with Crippen molar-refractivity contribution in [1.82, 2.24) is 0 Å². The van der Waals surface area contributed by atoms with Gasteiger partial charge in [0, 0.05) is 11.1 Å². The first-order valence-corrected chi connectivity index (χ1v) is 10.0. The van der Waals surface area contributed by atoms with Crippen LogP contribution in [-0.4, -0.2) is 23.7 Å². The second-order valence-corrected chi connectivity index (χ2v) is 6.89. The molecule has 0 aromatic heterocycles. The minimum atomic E-state index is -0.935. The van der Waals surface area contributed by atoms with Crippen molar-refractivity contribution >= 4 is 11.9 Å². The van der Waals surface area contributed by atoms with Gasteiger partial charge in [0.15, 0.2) is 0 Å². The van der Waals surface area contributed by atoms with E-state index in [0.29, 0.717) is 12.2 Å². The highest BCUT2D eigenvalue weighted by atomic mass is 16.5. The average molecular weight is 369 g/mol. The fraction of sp³-hybridized carbons (Fsp3) is 0.727. The predicted octanol–water partition coefficient (Wildman–Crippen LogP) is 6.45. The SMILES string of the molecule is C=C(C)C(=O)O.C=C(C)C(=O)OCCCCCCCCCCCCCC. The van der Waals surface area contributed by atoms with Gasteiger partial charge in [0.2, 0.25) is 0 Å². The number of ether oxygens (including phenoxy) is 1. The highest BCUT2D eigenvalue weighted by molar-refractivity contribution is 5.86. The maximum atomic E-state index is 11.1. The molecular formula is C22H40O4. The van der Waals surface area contributed by atoms with E-state index in [1.54, 1.807) is 6.92 Å². The van der Waals surface area contributed by atoms with Crippen LogP contribution in [0.25, 0.3) is 0 Å². The highest BCUT2D eigenvalue weighted by Crippen LogP contribution is 2.12. The molecule has 0 saturated carbocycles. The number of hydrogen-bond donors (Lipinski definition) is 1. The van der Waals surface area contributed by atoms with Crippen molar-refractivity contribution in [3.63, 3.8) is 0 Å². The molecule has 0 aliphatic carbocycles. The van der Waals surface area contributed by atoms with Crippen LogP contribution in [0.5, 0.6) is 0 Å². The number of unbranched alkanes of at least 4 members (excludes halogenated alkanes) is 11. The van der Waals surface area contributed by atoms with Crippen molar-refractivity contribution in [2.24, 2.45) is 0 Å². The third-order valence-electron chi connectivity index (χ3n) is 3.94. The molecule has 4 heteroatoms. The normalized spacial score (nSPS) is 9.81. The fourth-order valence-electron chi connectivity index (χ4n) is 2.23. The molecule has 0 spiro atoms. The van der Waals surface area contributed by atoms with Crippen molar-refractivity contribution < 1.29 is 19.4 Å². The van der Waals surface area contributed by atoms with Crippen molar-refractivity contribution in [2.45, 2.75) is 97.8 Å². The van der Waals surface area contributed by atoms with Crippen molar-refractivity contribution in [3.05, 3.63) is 24.3 Å². The van der Waals surface area contributed by atoms with Gasteiger partial charge in [-0.1, -0.05) is 90.7 Å². The lowest BCUT2D eigenvalue weighted by atomic mass is 10.1. The molecule has 26 heavy (non-hydrogen) atoms. The molecule has 0 aromatic carbocycles. The van der Waals surface area contributed by atoms with E-state index in [-0.39, 0.29) is 11.5 Å². The summed E-state index contributed by atoms with van der Waals surface area (Å²) >= 11 is 0. The lowest BCUT2D eigenvalue weighted by Gasteiger charge is -2.04. The number of esters is 1. The number of carbonyl (C=O) groups excluding carboxylic acids is 1. The smallest absolute Gasteiger partial charge is 0.333 e. The van der Waals surface area contributed by atoms with E-state index >= 15 is 0 Å². The summed E-state index contributed by atoms with van der Waals surface area (Å²) in [5.41, 5.74) is 0.666. The van der Waals surface area contributed by atoms with Gasteiger partial charge in [-0.2, -0.15) is 0 Å². The molecule has 0 atom stereocenters. The highest BCUT2D eigenvalue weighted by Gasteiger charge is 2.01. The van der Waals surface area contributed by atoms with Crippen LogP contribution < -0.4 is 0 Å². The number of carboxylic acids is 1. The summed E-state index contributed by atoms with van der Waals surface area (Å²) < 4.78 is 5.06. The van der Waals surface area contributed by atoms with Crippen molar-refractivity contribution in [1.29, 1.82) is 0 Å². The van der Waals surface area contributed by atoms with Crippen LogP contribution in [-0.2, 0) is 14.3 Å². The molecule has 0 unspecified atom stereocenters. The van der Waals surface area contributed by atoms with Crippen molar-refractivity contribution in [2.75, 3.05) is 6.61 Å². The number of rotatable bonds is 15. The Kier molecular flexibility index (Phi) is 20.2. The van der Waals surface area contributed by atoms with Crippen LogP contribution in [0.3, 0.4) is 0 Å². The lowest BCUT2D eigenvalue weighted by Crippen LogP contribution is -2.05. The number of carbonyl (C=O) groups is 2. The van der Waals surface area contributed by atoms with Crippen LogP contribution in [0.1, 0.15) is 97.8 Å². The third kappa shape index (κ3) is 22.4. The first kappa shape index (κ1) is 26.6. The van der Waals surface area contributed by atoms with Gasteiger partial charge in [-0.25, -0.2) is 9.59 Å². The molecule has 0 aromatic rings. The summed E-state index contributed by atoms with van der Waals surface area (Å²) in [6.45, 7) is 12.7. The predicted molar refractivity (Wildman–Crippen MR) is 109 cm³/mol. The van der Waals surface area contributed by atoms with Gasteiger partial charge in [0.05, 0.1) is 6.61 Å². The Labute approximate surface area is 160 Å². The molecule has 0 radical (unpaired) electrons. The molecule has 0 heterocycles. The van der Waals surface area contributed by atoms with Gasteiger partial charge in [0.25, 0.3) is 0 Å². The third-order valence-corrected chi connectivity index (χ3v) is 3.94. The average Bonchev–Trinajstić information content (AvgIpc) is 2.59. The van der Waals surface area contributed by atoms with E-state index in [2.05, 4.69) is 20.1 Å². The standard InChI is InChI=1S/C18H34O2.C4H6O2/c1-4-5-6-7-8-9-10-11-12-13-14-15-16-20-18(19)17(2)3;1-3(2)4(5)6/h2,4-16H2,1,3H3;1H2,2H3,(H,5,6). The van der Waals surface area contributed by atoms with Crippen LogP contribution >= 0.6 is 0 Å². The van der Waals surface area contributed by atoms with Crippen LogP contribution in [0.4, 0.5) is 0 Å². The molecule has 0 aliphatic rings. The fourth-order valence-corrected chi connectivity index (χ4v) is 2.23. The Hall–Kier alpha value is -1.58. The molecule has 4 nitrogen and oxygen atoms in total. The van der Waals surface area contributed by atoms with Gasteiger partial charge < -0.3 is 9.84 Å². The molecule has 0 amide bonds. The summed E-state index contributed by atoms with van der Waals surface area (Å²) in [4.78, 5) is 20.7. The first-order valence-electron chi connectivity index (χ1n) is 10.0. The second-order valence-electron chi connectivity index (χ2n) is 6.89. The second kappa shape index (κ2) is 19.7. The summed E-state index contributed by atoms with van der Waals surface area (Å²) in [5, 5.41) is 7.89. The summed E-state index contributed by atoms with van der Waals surface area (Å²) in [5.74, 6) is -1.19. The van der Waals surface area contributed by atoms with Gasteiger partial charge in [-0.05, 0) is 20.3 Å². The monoisotopic (exact) mass is 368 g/mol. The van der Waals surface area contributed by atoms with Crippen molar-refractivity contribution in [3.8, 4) is 0 Å². The van der Waals surface area contributed by atoms with E-state index in [1.165, 1.54) is 77.6 Å². The van der Waals surface area contributed by atoms with Gasteiger partial charge in [-0.15, -0.1) is 0 Å². The van der Waals surface area contributed by atoms with E-state index < -0.39 is 5.97 Å². The maximum absolute atomic E-state index is 11.1. The van der Waals surface area contributed by atoms with Gasteiger partial charge in [-0.3, -0.25) is 0 Å². The Bertz CT molecular complexity index is 387. The molecule has 0 fully saturated rings. The van der Waals surface area contributed by atoms with Crippen LogP contribution in [0.15, 0.2) is 24.3 Å². The van der Waals surface area contributed by atoms with E-state index in [0.717, 1.165) is 6.42 Å². The summed E-state index contributed by atoms with van der Waals surface area (Å²) in [6.07, 6.45) is 15.9. The Morgan fingerprint density at radius 2 is 1.08 bits per heavy atom. The topological polar surface area (TPSA) is 63.6 Å². The molecule has 1 N–H and O–H groups in total. The summed E-state index contributed by atoms with van der Waals surface area (Å²) in [6, 6.07) is 0. The Balaban J connectivity index is 0. The van der Waals surface area contributed by atoms with Gasteiger partial charge in [0.1, 0.15) is 0 Å². The molecule has 0 saturated heterocycles. The Morgan fingerprint density at radius 1 is 0.731 bits per heavy atom. The number of carboxylic acid groups (broad SMARTS) is 1. The van der Waals surface area contributed by atoms with E-state index in [1.807, 2.05) is 0 Å².